The molecule has 0 fully saturated rings. The zero-order valence-electron chi connectivity index (χ0n) is 14.6. The van der Waals surface area contributed by atoms with Gasteiger partial charge >= 0.3 is 0 Å². The Labute approximate surface area is 160 Å². The molecule has 0 saturated carbocycles. The second-order valence-corrected chi connectivity index (χ2v) is 7.66. The second kappa shape index (κ2) is 7.13. The maximum Gasteiger partial charge on any atom is 0.266 e. The minimum atomic E-state index is -1.53. The lowest BCUT2D eigenvalue weighted by atomic mass is 9.95. The van der Waals surface area contributed by atoms with Gasteiger partial charge in [-0.1, -0.05) is 29.8 Å². The van der Waals surface area contributed by atoms with Crippen LogP contribution in [0, 0.1) is 5.92 Å². The van der Waals surface area contributed by atoms with E-state index in [1.54, 1.807) is 0 Å². The highest BCUT2D eigenvalue weighted by atomic mass is 79.9. The van der Waals surface area contributed by atoms with Gasteiger partial charge in [-0.15, -0.1) is 0 Å². The van der Waals surface area contributed by atoms with Crippen molar-refractivity contribution in [2.75, 3.05) is 10.2 Å². The van der Waals surface area contributed by atoms with Crippen LogP contribution in [0.15, 0.2) is 41.3 Å². The SMILES string of the molecule is CC(C)CC(N)(C(=O)Nc1cnccn1)N1C(=O)Cc2cc(Br)ccc21. The molecule has 1 aromatic carbocycles. The Kier molecular flexibility index (Phi) is 5.06. The molecule has 2 amide bonds. The average Bonchev–Trinajstić information content (AvgIpc) is 2.90. The van der Waals surface area contributed by atoms with Crippen molar-refractivity contribution in [1.82, 2.24) is 9.97 Å². The van der Waals surface area contributed by atoms with Crippen molar-refractivity contribution in [3.63, 3.8) is 0 Å². The van der Waals surface area contributed by atoms with Crippen LogP contribution in [0.5, 0.6) is 0 Å². The van der Waals surface area contributed by atoms with Gasteiger partial charge in [0.1, 0.15) is 0 Å². The van der Waals surface area contributed by atoms with E-state index in [0.29, 0.717) is 17.9 Å². The Morgan fingerprint density at radius 2 is 2.19 bits per heavy atom. The van der Waals surface area contributed by atoms with Gasteiger partial charge in [0.15, 0.2) is 11.5 Å². The van der Waals surface area contributed by atoms with Crippen molar-refractivity contribution >= 4 is 39.2 Å². The number of carbonyl (C=O) groups excluding carboxylic acids is 2. The summed E-state index contributed by atoms with van der Waals surface area (Å²) in [6.45, 7) is 3.92. The van der Waals surface area contributed by atoms with Crippen LogP contribution in [0.1, 0.15) is 25.8 Å². The predicted octanol–water partition coefficient (Wildman–Crippen LogP) is 2.47. The van der Waals surface area contributed by atoms with Crippen LogP contribution < -0.4 is 16.0 Å². The van der Waals surface area contributed by atoms with E-state index >= 15 is 0 Å². The molecule has 1 aliphatic heterocycles. The molecular formula is C18H20BrN5O2. The molecule has 1 aliphatic rings. The van der Waals surface area contributed by atoms with E-state index in [1.165, 1.54) is 23.5 Å². The van der Waals surface area contributed by atoms with Gasteiger partial charge in [0.25, 0.3) is 5.91 Å². The van der Waals surface area contributed by atoms with Gasteiger partial charge in [0.05, 0.1) is 12.6 Å². The number of fused-ring (bicyclic) bond motifs is 1. The van der Waals surface area contributed by atoms with E-state index in [2.05, 4.69) is 31.2 Å². The highest BCUT2D eigenvalue weighted by molar-refractivity contribution is 9.10. The van der Waals surface area contributed by atoms with Gasteiger partial charge in [-0.05, 0) is 36.1 Å². The monoisotopic (exact) mass is 417 g/mol. The molecule has 0 aliphatic carbocycles. The largest absolute Gasteiger partial charge is 0.306 e. The maximum absolute atomic E-state index is 13.1. The fourth-order valence-electron chi connectivity index (χ4n) is 3.22. The summed E-state index contributed by atoms with van der Waals surface area (Å²) in [6.07, 6.45) is 4.94. The molecule has 8 heteroatoms. The number of rotatable bonds is 5. The first-order valence-electron chi connectivity index (χ1n) is 8.29. The highest BCUT2D eigenvalue weighted by Gasteiger charge is 2.47. The summed E-state index contributed by atoms with van der Waals surface area (Å²) in [5, 5.41) is 2.69. The van der Waals surface area contributed by atoms with Gasteiger partial charge in [-0.2, -0.15) is 0 Å². The van der Waals surface area contributed by atoms with Crippen molar-refractivity contribution in [3.05, 3.63) is 46.8 Å². The third kappa shape index (κ3) is 3.47. The Hall–Kier alpha value is -2.32. The molecule has 0 saturated heterocycles. The standard InChI is InChI=1S/C18H20BrN5O2/c1-11(2)9-18(20,17(26)23-15-10-21-5-6-22-15)24-14-4-3-13(19)7-12(14)8-16(24)25/h3-7,10-11H,8-9,20H2,1-2H3,(H,22,23,26). The number of hydrogen-bond donors (Lipinski definition) is 2. The summed E-state index contributed by atoms with van der Waals surface area (Å²) >= 11 is 3.41. The number of nitrogens with zero attached hydrogens (tertiary/aromatic N) is 3. The molecule has 0 bridgehead atoms. The van der Waals surface area contributed by atoms with E-state index in [9.17, 15) is 9.59 Å². The van der Waals surface area contributed by atoms with Crippen LogP contribution in [0.25, 0.3) is 0 Å². The first kappa shape index (κ1) is 18.5. The fraction of sp³-hybridized carbons (Fsp3) is 0.333. The molecule has 3 N–H and O–H groups in total. The number of anilines is 2. The van der Waals surface area contributed by atoms with Gasteiger partial charge in [0.2, 0.25) is 5.91 Å². The summed E-state index contributed by atoms with van der Waals surface area (Å²) in [4.78, 5) is 35.2. The third-order valence-electron chi connectivity index (χ3n) is 4.19. The van der Waals surface area contributed by atoms with Gasteiger partial charge in [-0.3, -0.25) is 19.5 Å². The molecule has 136 valence electrons. The summed E-state index contributed by atoms with van der Waals surface area (Å²) in [5.41, 5.74) is 6.55. The number of aromatic nitrogens is 2. The smallest absolute Gasteiger partial charge is 0.266 e. The van der Waals surface area contributed by atoms with Crippen molar-refractivity contribution in [1.29, 1.82) is 0 Å². The summed E-state index contributed by atoms with van der Waals surface area (Å²) < 4.78 is 0.876. The molecule has 1 unspecified atom stereocenters. The van der Waals surface area contributed by atoms with Crippen LogP contribution >= 0.6 is 15.9 Å². The number of hydrogen-bond acceptors (Lipinski definition) is 5. The topological polar surface area (TPSA) is 101 Å². The summed E-state index contributed by atoms with van der Waals surface area (Å²) in [7, 11) is 0. The lowest BCUT2D eigenvalue weighted by Crippen LogP contribution is -2.65. The number of amides is 2. The highest BCUT2D eigenvalue weighted by Crippen LogP contribution is 2.37. The van der Waals surface area contributed by atoms with Crippen LogP contribution in [-0.4, -0.2) is 27.4 Å². The fourth-order valence-corrected chi connectivity index (χ4v) is 3.63. The van der Waals surface area contributed by atoms with Crippen molar-refractivity contribution < 1.29 is 9.59 Å². The van der Waals surface area contributed by atoms with Crippen molar-refractivity contribution in [2.24, 2.45) is 11.7 Å². The normalized spacial score (nSPS) is 15.7. The molecule has 26 heavy (non-hydrogen) atoms. The Morgan fingerprint density at radius 1 is 1.42 bits per heavy atom. The van der Waals surface area contributed by atoms with Gasteiger partial charge < -0.3 is 11.1 Å². The second-order valence-electron chi connectivity index (χ2n) is 6.75. The van der Waals surface area contributed by atoms with Crippen molar-refractivity contribution in [2.45, 2.75) is 32.4 Å². The lowest BCUT2D eigenvalue weighted by Gasteiger charge is -2.38. The third-order valence-corrected chi connectivity index (χ3v) is 4.68. The minimum Gasteiger partial charge on any atom is -0.306 e. The molecule has 2 heterocycles. The molecular weight excluding hydrogens is 398 g/mol. The minimum absolute atomic E-state index is 0.0971. The van der Waals surface area contributed by atoms with E-state index in [-0.39, 0.29) is 18.2 Å². The molecule has 0 radical (unpaired) electrons. The predicted molar refractivity (Wildman–Crippen MR) is 102 cm³/mol. The van der Waals surface area contributed by atoms with Crippen LogP contribution in [0.4, 0.5) is 11.5 Å². The number of carbonyl (C=O) groups is 2. The number of nitrogens with two attached hydrogens (primary N) is 1. The van der Waals surface area contributed by atoms with E-state index in [0.717, 1.165) is 10.0 Å². The zero-order chi connectivity index (χ0) is 18.9. The summed E-state index contributed by atoms with van der Waals surface area (Å²) in [5.74, 6) is -0.301. The Morgan fingerprint density at radius 3 is 2.85 bits per heavy atom. The van der Waals surface area contributed by atoms with Crippen LogP contribution in [0.3, 0.4) is 0 Å². The van der Waals surface area contributed by atoms with Crippen LogP contribution in [0.2, 0.25) is 0 Å². The number of benzene rings is 1. The molecule has 1 aromatic heterocycles. The lowest BCUT2D eigenvalue weighted by molar-refractivity contribution is -0.126. The molecule has 3 rings (SSSR count). The molecule has 1 atom stereocenters. The number of nitrogens with one attached hydrogen (secondary N) is 1. The Balaban J connectivity index is 2.00. The first-order valence-corrected chi connectivity index (χ1v) is 9.08. The summed E-state index contributed by atoms with van der Waals surface area (Å²) in [6, 6.07) is 5.52. The first-order chi connectivity index (χ1) is 12.3. The van der Waals surface area contributed by atoms with Gasteiger partial charge in [0, 0.05) is 22.6 Å². The quantitative estimate of drug-likeness (QED) is 0.777. The maximum atomic E-state index is 13.1. The average molecular weight is 418 g/mol. The van der Waals surface area contributed by atoms with E-state index in [4.69, 9.17) is 5.73 Å². The zero-order valence-corrected chi connectivity index (χ0v) is 16.2. The Bertz CT molecular complexity index is 843. The van der Waals surface area contributed by atoms with E-state index in [1.807, 2.05) is 32.0 Å². The van der Waals surface area contributed by atoms with Crippen molar-refractivity contribution in [3.8, 4) is 0 Å². The van der Waals surface area contributed by atoms with Gasteiger partial charge in [-0.25, -0.2) is 4.98 Å². The number of halogens is 1. The van der Waals surface area contributed by atoms with Crippen LogP contribution in [-0.2, 0) is 16.0 Å². The molecule has 7 nitrogen and oxygen atoms in total. The molecule has 0 spiro atoms. The molecule has 2 aromatic rings. The van der Waals surface area contributed by atoms with E-state index < -0.39 is 11.6 Å².